The third-order valence-corrected chi connectivity index (χ3v) is 3.98. The topological polar surface area (TPSA) is 46.3 Å². The molecule has 0 saturated carbocycles. The Kier molecular flexibility index (Phi) is 3.60. The van der Waals surface area contributed by atoms with Crippen LogP contribution in [0.2, 0.25) is 0 Å². The fourth-order valence-corrected chi connectivity index (χ4v) is 2.47. The Labute approximate surface area is 109 Å². The molecule has 1 aliphatic heterocycles. The summed E-state index contributed by atoms with van der Waals surface area (Å²) in [6.45, 7) is 8.15. The second kappa shape index (κ2) is 5.01. The third-order valence-electron chi connectivity index (χ3n) is 3.98. The Balaban J connectivity index is 2.10. The van der Waals surface area contributed by atoms with E-state index < -0.39 is 0 Å². The number of amides is 1. The van der Waals surface area contributed by atoms with Gasteiger partial charge in [0, 0.05) is 24.3 Å². The Morgan fingerprint density at radius 2 is 2.17 bits per heavy atom. The van der Waals surface area contributed by atoms with Crippen LogP contribution in [0.5, 0.6) is 0 Å². The maximum Gasteiger partial charge on any atom is 0.253 e. The molecule has 98 valence electrons. The van der Waals surface area contributed by atoms with E-state index in [9.17, 15) is 4.79 Å². The van der Waals surface area contributed by atoms with Crippen molar-refractivity contribution in [3.63, 3.8) is 0 Å². The van der Waals surface area contributed by atoms with E-state index in [1.807, 2.05) is 24.0 Å². The largest absolute Gasteiger partial charge is 0.398 e. The third kappa shape index (κ3) is 2.50. The number of anilines is 1. The number of likely N-dealkylation sites (tertiary alicyclic amines) is 1. The summed E-state index contributed by atoms with van der Waals surface area (Å²) in [5.74, 6) is 1.40. The quantitative estimate of drug-likeness (QED) is 0.815. The first-order chi connectivity index (χ1) is 8.49. The second-order valence-electron chi connectivity index (χ2n) is 5.62. The van der Waals surface area contributed by atoms with Crippen LogP contribution in [0.25, 0.3) is 0 Å². The van der Waals surface area contributed by atoms with E-state index in [1.165, 1.54) is 0 Å². The van der Waals surface area contributed by atoms with E-state index in [-0.39, 0.29) is 5.91 Å². The van der Waals surface area contributed by atoms with Crippen molar-refractivity contribution in [2.24, 2.45) is 11.8 Å². The lowest BCUT2D eigenvalue weighted by molar-refractivity contribution is 0.0784. The van der Waals surface area contributed by atoms with Gasteiger partial charge in [0.15, 0.2) is 0 Å². The van der Waals surface area contributed by atoms with Gasteiger partial charge in [-0.3, -0.25) is 4.79 Å². The monoisotopic (exact) mass is 246 g/mol. The van der Waals surface area contributed by atoms with Gasteiger partial charge in [0.05, 0.1) is 0 Å². The lowest BCUT2D eigenvalue weighted by Crippen LogP contribution is -2.29. The van der Waals surface area contributed by atoms with E-state index >= 15 is 0 Å². The summed E-state index contributed by atoms with van der Waals surface area (Å²) in [6.07, 6.45) is 1.12. The minimum atomic E-state index is 0.116. The van der Waals surface area contributed by atoms with Crippen molar-refractivity contribution < 1.29 is 4.79 Å². The van der Waals surface area contributed by atoms with Gasteiger partial charge in [-0.05, 0) is 42.9 Å². The van der Waals surface area contributed by atoms with Gasteiger partial charge >= 0.3 is 0 Å². The number of carbonyl (C=O) groups is 1. The molecular weight excluding hydrogens is 224 g/mol. The molecule has 3 nitrogen and oxygen atoms in total. The standard InChI is InChI=1S/C15H22N2O/c1-10(2)13-6-7-17(9-13)15(18)12-5-4-11(3)14(16)8-12/h4-5,8,10,13H,6-7,9,16H2,1-3H3. The molecule has 1 unspecified atom stereocenters. The number of nitrogen functional groups attached to an aromatic ring is 1. The van der Waals surface area contributed by atoms with Crippen LogP contribution in [0.1, 0.15) is 36.2 Å². The highest BCUT2D eigenvalue weighted by Gasteiger charge is 2.28. The molecule has 0 spiro atoms. The van der Waals surface area contributed by atoms with E-state index in [1.54, 1.807) is 6.07 Å². The molecule has 1 atom stereocenters. The molecule has 2 N–H and O–H groups in total. The van der Waals surface area contributed by atoms with Crippen molar-refractivity contribution in [3.8, 4) is 0 Å². The van der Waals surface area contributed by atoms with Gasteiger partial charge in [-0.25, -0.2) is 0 Å². The number of carbonyl (C=O) groups excluding carboxylic acids is 1. The maximum absolute atomic E-state index is 12.3. The van der Waals surface area contributed by atoms with Crippen LogP contribution in [0.4, 0.5) is 5.69 Å². The Morgan fingerprint density at radius 1 is 1.44 bits per heavy atom. The molecule has 0 bridgehead atoms. The molecule has 18 heavy (non-hydrogen) atoms. The van der Waals surface area contributed by atoms with Crippen molar-refractivity contribution in [3.05, 3.63) is 29.3 Å². The number of nitrogens with zero attached hydrogens (tertiary/aromatic N) is 1. The molecule has 1 fully saturated rings. The number of hydrogen-bond acceptors (Lipinski definition) is 2. The molecule has 2 rings (SSSR count). The normalized spacial score (nSPS) is 19.6. The van der Waals surface area contributed by atoms with Gasteiger partial charge in [-0.15, -0.1) is 0 Å². The summed E-state index contributed by atoms with van der Waals surface area (Å²) in [4.78, 5) is 14.3. The maximum atomic E-state index is 12.3. The first kappa shape index (κ1) is 12.9. The zero-order chi connectivity index (χ0) is 13.3. The SMILES string of the molecule is Cc1ccc(C(=O)N2CCC(C(C)C)C2)cc1N. The summed E-state index contributed by atoms with van der Waals surface area (Å²) < 4.78 is 0. The van der Waals surface area contributed by atoms with E-state index in [0.29, 0.717) is 23.1 Å². The van der Waals surface area contributed by atoms with Crippen LogP contribution >= 0.6 is 0 Å². The smallest absolute Gasteiger partial charge is 0.253 e. The van der Waals surface area contributed by atoms with Crippen molar-refractivity contribution in [2.75, 3.05) is 18.8 Å². The Morgan fingerprint density at radius 3 is 2.72 bits per heavy atom. The van der Waals surface area contributed by atoms with Gasteiger partial charge < -0.3 is 10.6 Å². The van der Waals surface area contributed by atoms with Gasteiger partial charge in [-0.1, -0.05) is 19.9 Å². The summed E-state index contributed by atoms with van der Waals surface area (Å²) in [7, 11) is 0. The molecule has 3 heteroatoms. The highest BCUT2D eigenvalue weighted by molar-refractivity contribution is 5.95. The number of nitrogens with two attached hydrogens (primary N) is 1. The summed E-state index contributed by atoms with van der Waals surface area (Å²) >= 11 is 0. The highest BCUT2D eigenvalue weighted by atomic mass is 16.2. The van der Waals surface area contributed by atoms with Gasteiger partial charge in [0.1, 0.15) is 0 Å². The predicted octanol–water partition coefficient (Wildman–Crippen LogP) is 2.70. The fourth-order valence-electron chi connectivity index (χ4n) is 2.47. The first-order valence-electron chi connectivity index (χ1n) is 6.64. The Bertz CT molecular complexity index is 454. The predicted molar refractivity (Wildman–Crippen MR) is 74.4 cm³/mol. The lowest BCUT2D eigenvalue weighted by Gasteiger charge is -2.18. The summed E-state index contributed by atoms with van der Waals surface area (Å²) in [5.41, 5.74) is 8.29. The van der Waals surface area contributed by atoms with E-state index in [2.05, 4.69) is 13.8 Å². The fraction of sp³-hybridized carbons (Fsp3) is 0.533. The number of rotatable bonds is 2. The van der Waals surface area contributed by atoms with Crippen molar-refractivity contribution in [1.29, 1.82) is 0 Å². The zero-order valence-corrected chi connectivity index (χ0v) is 11.4. The molecule has 0 aromatic heterocycles. The first-order valence-corrected chi connectivity index (χ1v) is 6.64. The molecule has 0 radical (unpaired) electrons. The molecule has 0 aliphatic carbocycles. The average Bonchev–Trinajstić information content (AvgIpc) is 2.81. The van der Waals surface area contributed by atoms with Crippen LogP contribution in [-0.4, -0.2) is 23.9 Å². The minimum Gasteiger partial charge on any atom is -0.398 e. The molecule has 1 amide bonds. The summed E-state index contributed by atoms with van der Waals surface area (Å²) in [6, 6.07) is 5.58. The second-order valence-corrected chi connectivity index (χ2v) is 5.62. The zero-order valence-electron chi connectivity index (χ0n) is 11.4. The molecular formula is C15H22N2O. The number of aryl methyl sites for hydroxylation is 1. The number of hydrogen-bond donors (Lipinski definition) is 1. The molecule has 1 aromatic rings. The van der Waals surface area contributed by atoms with E-state index in [4.69, 9.17) is 5.73 Å². The Hall–Kier alpha value is -1.51. The number of benzene rings is 1. The van der Waals surface area contributed by atoms with Crippen LogP contribution < -0.4 is 5.73 Å². The van der Waals surface area contributed by atoms with Crippen molar-refractivity contribution in [1.82, 2.24) is 4.90 Å². The summed E-state index contributed by atoms with van der Waals surface area (Å²) in [5, 5.41) is 0. The van der Waals surface area contributed by atoms with Gasteiger partial charge in [0.25, 0.3) is 5.91 Å². The van der Waals surface area contributed by atoms with Crippen LogP contribution in [0.3, 0.4) is 0 Å². The molecule has 1 heterocycles. The van der Waals surface area contributed by atoms with Crippen LogP contribution in [0.15, 0.2) is 18.2 Å². The minimum absolute atomic E-state index is 0.116. The average molecular weight is 246 g/mol. The highest BCUT2D eigenvalue weighted by Crippen LogP contribution is 2.25. The lowest BCUT2D eigenvalue weighted by atomic mass is 9.95. The molecule has 1 aromatic carbocycles. The molecule has 1 saturated heterocycles. The van der Waals surface area contributed by atoms with Gasteiger partial charge in [-0.2, -0.15) is 0 Å². The molecule has 1 aliphatic rings. The van der Waals surface area contributed by atoms with Crippen molar-refractivity contribution >= 4 is 11.6 Å². The van der Waals surface area contributed by atoms with Gasteiger partial charge in [0.2, 0.25) is 0 Å². The van der Waals surface area contributed by atoms with Crippen LogP contribution in [-0.2, 0) is 0 Å². The van der Waals surface area contributed by atoms with Crippen molar-refractivity contribution in [2.45, 2.75) is 27.2 Å². The van der Waals surface area contributed by atoms with Crippen LogP contribution in [0, 0.1) is 18.8 Å². The van der Waals surface area contributed by atoms with E-state index in [0.717, 1.165) is 25.1 Å².